The fourth-order valence-corrected chi connectivity index (χ4v) is 3.59. The number of rotatable bonds is 2. The van der Waals surface area contributed by atoms with Crippen LogP contribution in [-0.2, 0) is 9.31 Å². The van der Waals surface area contributed by atoms with Gasteiger partial charge in [-0.05, 0) is 64.9 Å². The monoisotopic (exact) mass is 314 g/mol. The zero-order valence-electron chi connectivity index (χ0n) is 14.8. The van der Waals surface area contributed by atoms with Crippen molar-refractivity contribution in [2.24, 2.45) is 5.41 Å². The van der Waals surface area contributed by atoms with Crippen molar-refractivity contribution < 1.29 is 9.31 Å². The molecule has 1 saturated carbocycles. The summed E-state index contributed by atoms with van der Waals surface area (Å²) in [6.45, 7) is 10.6. The van der Waals surface area contributed by atoms with E-state index in [0.29, 0.717) is 5.41 Å². The van der Waals surface area contributed by atoms with E-state index in [1.54, 1.807) is 0 Å². The summed E-state index contributed by atoms with van der Waals surface area (Å²) in [7, 11) is -0.322. The van der Waals surface area contributed by atoms with E-state index < -0.39 is 0 Å². The minimum absolute atomic E-state index is 0.304. The Morgan fingerprint density at radius 2 is 1.57 bits per heavy atom. The standard InChI is InChI=1S/C18H27BN2O2/c1-16(2)17(3,4)23-19(22-16)14-5-6-15(20-13-14)21-11-9-18(7-8-18)10-12-21/h5-6,13H,7-12H2,1-4H3. The van der Waals surface area contributed by atoms with E-state index in [-0.39, 0.29) is 18.3 Å². The highest BCUT2D eigenvalue weighted by molar-refractivity contribution is 6.62. The molecule has 3 aliphatic rings. The predicted molar refractivity (Wildman–Crippen MR) is 93.1 cm³/mol. The quantitative estimate of drug-likeness (QED) is 0.786. The van der Waals surface area contributed by atoms with Crippen LogP contribution in [0.4, 0.5) is 5.82 Å². The van der Waals surface area contributed by atoms with E-state index in [9.17, 15) is 0 Å². The van der Waals surface area contributed by atoms with Crippen molar-refractivity contribution >= 4 is 18.4 Å². The molecular formula is C18H27BN2O2. The van der Waals surface area contributed by atoms with Gasteiger partial charge in [-0.2, -0.15) is 0 Å². The Labute approximate surface area is 139 Å². The minimum atomic E-state index is -0.322. The second-order valence-corrected chi connectivity index (χ2v) is 8.53. The maximum Gasteiger partial charge on any atom is 0.496 e. The molecule has 1 spiro atoms. The largest absolute Gasteiger partial charge is 0.496 e. The van der Waals surface area contributed by atoms with Crippen LogP contribution in [0.2, 0.25) is 0 Å². The third-order valence-electron chi connectivity index (χ3n) is 6.40. The molecule has 0 aromatic carbocycles. The van der Waals surface area contributed by atoms with Gasteiger partial charge in [-0.15, -0.1) is 0 Å². The topological polar surface area (TPSA) is 34.6 Å². The molecule has 124 valence electrons. The van der Waals surface area contributed by atoms with Crippen LogP contribution in [0.1, 0.15) is 53.4 Å². The SMILES string of the molecule is CC1(C)OB(c2ccc(N3CCC4(CC3)CC4)nc2)OC1(C)C. The van der Waals surface area contributed by atoms with Crippen molar-refractivity contribution in [2.75, 3.05) is 18.0 Å². The number of pyridine rings is 1. The molecule has 0 bridgehead atoms. The first-order chi connectivity index (χ1) is 10.8. The Kier molecular flexibility index (Phi) is 3.34. The van der Waals surface area contributed by atoms with Gasteiger partial charge in [0.1, 0.15) is 5.82 Å². The minimum Gasteiger partial charge on any atom is -0.399 e. The van der Waals surface area contributed by atoms with Gasteiger partial charge < -0.3 is 14.2 Å². The summed E-state index contributed by atoms with van der Waals surface area (Å²) in [5, 5.41) is 0. The third-order valence-corrected chi connectivity index (χ3v) is 6.40. The first-order valence-corrected chi connectivity index (χ1v) is 8.87. The Bertz CT molecular complexity index is 570. The van der Waals surface area contributed by atoms with Crippen molar-refractivity contribution in [1.29, 1.82) is 0 Å². The van der Waals surface area contributed by atoms with Gasteiger partial charge in [-0.3, -0.25) is 0 Å². The summed E-state index contributed by atoms with van der Waals surface area (Å²) in [5.74, 6) is 1.08. The van der Waals surface area contributed by atoms with Crippen LogP contribution >= 0.6 is 0 Å². The molecule has 23 heavy (non-hydrogen) atoms. The van der Waals surface area contributed by atoms with E-state index in [1.807, 2.05) is 6.20 Å². The van der Waals surface area contributed by atoms with Gasteiger partial charge in [0.25, 0.3) is 0 Å². The van der Waals surface area contributed by atoms with Crippen molar-refractivity contribution in [2.45, 2.75) is 64.6 Å². The lowest BCUT2D eigenvalue weighted by molar-refractivity contribution is 0.00578. The van der Waals surface area contributed by atoms with Crippen LogP contribution in [0.25, 0.3) is 0 Å². The van der Waals surface area contributed by atoms with Gasteiger partial charge >= 0.3 is 7.12 Å². The number of nitrogens with zero attached hydrogens (tertiary/aromatic N) is 2. The van der Waals surface area contributed by atoms with E-state index in [4.69, 9.17) is 9.31 Å². The van der Waals surface area contributed by atoms with Crippen LogP contribution in [0.3, 0.4) is 0 Å². The van der Waals surface area contributed by atoms with Crippen molar-refractivity contribution in [3.8, 4) is 0 Å². The number of hydrogen-bond donors (Lipinski definition) is 0. The molecule has 4 nitrogen and oxygen atoms in total. The van der Waals surface area contributed by atoms with Crippen LogP contribution in [0, 0.1) is 5.41 Å². The number of piperidine rings is 1. The van der Waals surface area contributed by atoms with Crippen LogP contribution in [0.15, 0.2) is 18.3 Å². The zero-order valence-corrected chi connectivity index (χ0v) is 14.8. The van der Waals surface area contributed by atoms with Crippen LogP contribution in [0.5, 0.6) is 0 Å². The number of hydrogen-bond acceptors (Lipinski definition) is 4. The van der Waals surface area contributed by atoms with Gasteiger partial charge in [-0.1, -0.05) is 6.07 Å². The smallest absolute Gasteiger partial charge is 0.399 e. The molecule has 3 heterocycles. The van der Waals surface area contributed by atoms with E-state index in [0.717, 1.165) is 24.4 Å². The molecule has 0 N–H and O–H groups in total. The van der Waals surface area contributed by atoms with E-state index >= 15 is 0 Å². The zero-order chi connectivity index (χ0) is 16.3. The molecule has 4 rings (SSSR count). The van der Waals surface area contributed by atoms with Crippen LogP contribution in [-0.4, -0.2) is 36.4 Å². The fraction of sp³-hybridized carbons (Fsp3) is 0.722. The highest BCUT2D eigenvalue weighted by Crippen LogP contribution is 2.53. The number of aromatic nitrogens is 1. The van der Waals surface area contributed by atoms with Crippen molar-refractivity contribution in [3.63, 3.8) is 0 Å². The van der Waals surface area contributed by atoms with E-state index in [1.165, 1.54) is 25.7 Å². The first kappa shape index (κ1) is 15.5. The van der Waals surface area contributed by atoms with Crippen molar-refractivity contribution in [1.82, 2.24) is 4.98 Å². The summed E-state index contributed by atoms with van der Waals surface area (Å²) in [6.07, 6.45) is 7.45. The van der Waals surface area contributed by atoms with Crippen LogP contribution < -0.4 is 10.4 Å². The Morgan fingerprint density at radius 1 is 0.957 bits per heavy atom. The fourth-order valence-electron chi connectivity index (χ4n) is 3.59. The van der Waals surface area contributed by atoms with Gasteiger partial charge in [0.2, 0.25) is 0 Å². The molecule has 0 unspecified atom stereocenters. The summed E-state index contributed by atoms with van der Waals surface area (Å²) in [6, 6.07) is 4.22. The molecule has 0 amide bonds. The average molecular weight is 314 g/mol. The Morgan fingerprint density at radius 3 is 2.04 bits per heavy atom. The summed E-state index contributed by atoms with van der Waals surface area (Å²) >= 11 is 0. The number of anilines is 1. The molecule has 2 saturated heterocycles. The second-order valence-electron chi connectivity index (χ2n) is 8.53. The summed E-state index contributed by atoms with van der Waals surface area (Å²) < 4.78 is 12.2. The summed E-state index contributed by atoms with van der Waals surface area (Å²) in [4.78, 5) is 7.09. The van der Waals surface area contributed by atoms with E-state index in [2.05, 4.69) is 49.7 Å². The highest BCUT2D eigenvalue weighted by atomic mass is 16.7. The normalized spacial score (nSPS) is 27.5. The second kappa shape index (κ2) is 4.96. The molecule has 1 aliphatic carbocycles. The third kappa shape index (κ3) is 2.68. The van der Waals surface area contributed by atoms with Crippen molar-refractivity contribution in [3.05, 3.63) is 18.3 Å². The lowest BCUT2D eigenvalue weighted by Crippen LogP contribution is -2.41. The molecular weight excluding hydrogens is 287 g/mol. The van der Waals surface area contributed by atoms with Gasteiger partial charge in [0.05, 0.1) is 11.2 Å². The molecule has 1 aromatic heterocycles. The molecule has 3 fully saturated rings. The predicted octanol–water partition coefficient (Wildman–Crippen LogP) is 2.76. The maximum absolute atomic E-state index is 6.10. The van der Waals surface area contributed by atoms with Gasteiger partial charge in [0, 0.05) is 24.7 Å². The van der Waals surface area contributed by atoms with Gasteiger partial charge in [-0.25, -0.2) is 4.98 Å². The Hall–Kier alpha value is -1.07. The first-order valence-electron chi connectivity index (χ1n) is 8.87. The summed E-state index contributed by atoms with van der Waals surface area (Å²) in [5.41, 5.74) is 1.10. The maximum atomic E-state index is 6.10. The molecule has 0 atom stereocenters. The molecule has 5 heteroatoms. The highest BCUT2D eigenvalue weighted by Gasteiger charge is 2.51. The Balaban J connectivity index is 1.44. The average Bonchev–Trinajstić information content (AvgIpc) is 3.21. The lowest BCUT2D eigenvalue weighted by Gasteiger charge is -2.33. The lowest BCUT2D eigenvalue weighted by atomic mass is 9.80. The molecule has 2 aliphatic heterocycles. The molecule has 0 radical (unpaired) electrons. The van der Waals surface area contributed by atoms with Gasteiger partial charge in [0.15, 0.2) is 0 Å². The molecule has 1 aromatic rings.